The molecule has 21 heavy (non-hydrogen) atoms. The van der Waals surface area contributed by atoms with E-state index >= 15 is 0 Å². The van der Waals surface area contributed by atoms with Crippen molar-refractivity contribution in [3.05, 3.63) is 71.3 Å². The van der Waals surface area contributed by atoms with Crippen LogP contribution in [-0.2, 0) is 17.9 Å². The summed E-state index contributed by atoms with van der Waals surface area (Å²) in [5, 5.41) is 2.98. The van der Waals surface area contributed by atoms with Gasteiger partial charge in [-0.2, -0.15) is 0 Å². The van der Waals surface area contributed by atoms with Crippen molar-refractivity contribution >= 4 is 5.91 Å². The molecule has 0 saturated heterocycles. The molecule has 110 valence electrons. The highest BCUT2D eigenvalue weighted by Gasteiger charge is 2.07. The molecule has 0 aliphatic heterocycles. The SMILES string of the molecule is Cc1ccccc1CNC(=O)CN(C)Cc1ccccc1. The van der Waals surface area contributed by atoms with Crippen LogP contribution < -0.4 is 5.32 Å². The second kappa shape index (κ2) is 7.60. The van der Waals surface area contributed by atoms with Crippen LogP contribution in [0.1, 0.15) is 16.7 Å². The van der Waals surface area contributed by atoms with E-state index in [-0.39, 0.29) is 5.91 Å². The molecule has 0 unspecified atom stereocenters. The van der Waals surface area contributed by atoms with Crippen LogP contribution in [-0.4, -0.2) is 24.4 Å². The minimum absolute atomic E-state index is 0.0525. The summed E-state index contributed by atoms with van der Waals surface area (Å²) in [5.74, 6) is 0.0525. The quantitative estimate of drug-likeness (QED) is 0.883. The van der Waals surface area contributed by atoms with E-state index in [1.165, 1.54) is 11.1 Å². The first-order chi connectivity index (χ1) is 10.1. The predicted octanol–water partition coefficient (Wildman–Crippen LogP) is 2.74. The number of benzene rings is 2. The zero-order valence-corrected chi connectivity index (χ0v) is 12.7. The van der Waals surface area contributed by atoms with Crippen LogP contribution in [0.3, 0.4) is 0 Å². The van der Waals surface area contributed by atoms with Gasteiger partial charge in [-0.15, -0.1) is 0 Å². The van der Waals surface area contributed by atoms with Gasteiger partial charge >= 0.3 is 0 Å². The summed E-state index contributed by atoms with van der Waals surface area (Å²) in [6.07, 6.45) is 0. The van der Waals surface area contributed by atoms with Gasteiger partial charge in [-0.3, -0.25) is 9.69 Å². The average molecular weight is 282 g/mol. The molecule has 2 rings (SSSR count). The van der Waals surface area contributed by atoms with E-state index in [0.29, 0.717) is 13.1 Å². The number of amides is 1. The molecular formula is C18H22N2O. The number of carbonyl (C=O) groups excluding carboxylic acids is 1. The molecule has 2 aromatic rings. The van der Waals surface area contributed by atoms with E-state index < -0.39 is 0 Å². The predicted molar refractivity (Wildman–Crippen MR) is 85.8 cm³/mol. The molecule has 0 saturated carbocycles. The van der Waals surface area contributed by atoms with Gasteiger partial charge in [0.05, 0.1) is 6.54 Å². The van der Waals surface area contributed by atoms with Crippen LogP contribution >= 0.6 is 0 Å². The Morgan fingerprint density at radius 2 is 1.71 bits per heavy atom. The van der Waals surface area contributed by atoms with Crippen LogP contribution in [0.15, 0.2) is 54.6 Å². The van der Waals surface area contributed by atoms with Gasteiger partial charge in [-0.05, 0) is 30.7 Å². The first-order valence-electron chi connectivity index (χ1n) is 7.19. The van der Waals surface area contributed by atoms with Crippen LogP contribution in [0.4, 0.5) is 0 Å². The maximum atomic E-state index is 12.0. The lowest BCUT2D eigenvalue weighted by atomic mass is 10.1. The third-order valence-electron chi connectivity index (χ3n) is 3.45. The number of hydrogen-bond acceptors (Lipinski definition) is 2. The number of aryl methyl sites for hydroxylation is 1. The summed E-state index contributed by atoms with van der Waals surface area (Å²) >= 11 is 0. The van der Waals surface area contributed by atoms with Crippen molar-refractivity contribution in [3.8, 4) is 0 Å². The van der Waals surface area contributed by atoms with E-state index in [1.54, 1.807) is 0 Å². The second-order valence-corrected chi connectivity index (χ2v) is 5.36. The van der Waals surface area contributed by atoms with Crippen molar-refractivity contribution in [3.63, 3.8) is 0 Å². The zero-order valence-electron chi connectivity index (χ0n) is 12.7. The highest BCUT2D eigenvalue weighted by Crippen LogP contribution is 2.06. The Labute approximate surface area is 126 Å². The van der Waals surface area contributed by atoms with Crippen LogP contribution in [0.2, 0.25) is 0 Å². The van der Waals surface area contributed by atoms with Crippen LogP contribution in [0.25, 0.3) is 0 Å². The molecule has 3 nitrogen and oxygen atoms in total. The van der Waals surface area contributed by atoms with E-state index in [0.717, 1.165) is 12.1 Å². The van der Waals surface area contributed by atoms with Gasteiger partial charge in [0.1, 0.15) is 0 Å². The molecule has 3 heteroatoms. The molecule has 0 aliphatic carbocycles. The molecule has 0 atom stereocenters. The molecule has 2 aromatic carbocycles. The minimum atomic E-state index is 0.0525. The van der Waals surface area contributed by atoms with Crippen LogP contribution in [0, 0.1) is 6.92 Å². The summed E-state index contributed by atoms with van der Waals surface area (Å²) in [7, 11) is 1.96. The maximum absolute atomic E-state index is 12.0. The number of carbonyl (C=O) groups is 1. The molecule has 0 fully saturated rings. The van der Waals surface area contributed by atoms with E-state index in [1.807, 2.05) is 48.3 Å². The summed E-state index contributed by atoms with van der Waals surface area (Å²) in [4.78, 5) is 14.0. The van der Waals surface area contributed by atoms with E-state index in [9.17, 15) is 4.79 Å². The van der Waals surface area contributed by atoms with Crippen molar-refractivity contribution in [1.29, 1.82) is 0 Å². The Bertz CT molecular complexity index is 581. The molecular weight excluding hydrogens is 260 g/mol. The molecule has 1 N–H and O–H groups in total. The molecule has 1 amide bonds. The summed E-state index contributed by atoms with van der Waals surface area (Å²) in [6.45, 7) is 3.83. The van der Waals surface area contributed by atoms with Gasteiger partial charge in [0.25, 0.3) is 0 Å². The fourth-order valence-corrected chi connectivity index (χ4v) is 2.25. The molecule has 0 bridgehead atoms. The lowest BCUT2D eigenvalue weighted by molar-refractivity contribution is -0.122. The Morgan fingerprint density at radius 3 is 2.43 bits per heavy atom. The lowest BCUT2D eigenvalue weighted by Crippen LogP contribution is -2.34. The van der Waals surface area contributed by atoms with Gasteiger partial charge in [0.15, 0.2) is 0 Å². The van der Waals surface area contributed by atoms with Crippen molar-refractivity contribution < 1.29 is 4.79 Å². The smallest absolute Gasteiger partial charge is 0.234 e. The third-order valence-corrected chi connectivity index (χ3v) is 3.45. The lowest BCUT2D eigenvalue weighted by Gasteiger charge is -2.16. The monoisotopic (exact) mass is 282 g/mol. The number of nitrogens with zero attached hydrogens (tertiary/aromatic N) is 1. The molecule has 0 aromatic heterocycles. The first-order valence-corrected chi connectivity index (χ1v) is 7.19. The number of likely N-dealkylation sites (N-methyl/N-ethyl adjacent to an activating group) is 1. The molecule has 0 aliphatic rings. The first kappa shape index (κ1) is 15.3. The molecule has 0 radical (unpaired) electrons. The van der Waals surface area contributed by atoms with Gasteiger partial charge in [-0.1, -0.05) is 54.6 Å². The van der Waals surface area contributed by atoms with Gasteiger partial charge in [0.2, 0.25) is 5.91 Å². The third kappa shape index (κ3) is 5.04. The highest BCUT2D eigenvalue weighted by molar-refractivity contribution is 5.78. The topological polar surface area (TPSA) is 32.3 Å². The normalized spacial score (nSPS) is 10.6. The number of hydrogen-bond donors (Lipinski definition) is 1. The van der Waals surface area contributed by atoms with Crippen molar-refractivity contribution in [2.45, 2.75) is 20.0 Å². The summed E-state index contributed by atoms with van der Waals surface area (Å²) in [6, 6.07) is 18.3. The highest BCUT2D eigenvalue weighted by atomic mass is 16.2. The zero-order chi connectivity index (χ0) is 15.1. The summed E-state index contributed by atoms with van der Waals surface area (Å²) in [5.41, 5.74) is 3.58. The van der Waals surface area contributed by atoms with E-state index in [4.69, 9.17) is 0 Å². The largest absolute Gasteiger partial charge is 0.351 e. The Hall–Kier alpha value is -2.13. The Kier molecular flexibility index (Phi) is 5.52. The van der Waals surface area contributed by atoms with Crippen molar-refractivity contribution in [2.75, 3.05) is 13.6 Å². The summed E-state index contributed by atoms with van der Waals surface area (Å²) < 4.78 is 0. The maximum Gasteiger partial charge on any atom is 0.234 e. The Morgan fingerprint density at radius 1 is 1.05 bits per heavy atom. The number of rotatable bonds is 6. The number of nitrogens with one attached hydrogen (secondary N) is 1. The standard InChI is InChI=1S/C18H22N2O/c1-15-8-6-7-11-17(15)12-19-18(21)14-20(2)13-16-9-4-3-5-10-16/h3-11H,12-14H2,1-2H3,(H,19,21). The fourth-order valence-electron chi connectivity index (χ4n) is 2.25. The molecule has 0 heterocycles. The van der Waals surface area contributed by atoms with Crippen molar-refractivity contribution in [1.82, 2.24) is 10.2 Å². The van der Waals surface area contributed by atoms with Gasteiger partial charge in [0, 0.05) is 13.1 Å². The van der Waals surface area contributed by atoms with Gasteiger partial charge < -0.3 is 5.32 Å². The molecule has 0 spiro atoms. The van der Waals surface area contributed by atoms with Gasteiger partial charge in [-0.25, -0.2) is 0 Å². The fraction of sp³-hybridized carbons (Fsp3) is 0.278. The van der Waals surface area contributed by atoms with Crippen molar-refractivity contribution in [2.24, 2.45) is 0 Å². The Balaban J connectivity index is 1.78. The average Bonchev–Trinajstić information content (AvgIpc) is 2.47. The minimum Gasteiger partial charge on any atom is -0.351 e. The van der Waals surface area contributed by atoms with Crippen LogP contribution in [0.5, 0.6) is 0 Å². The van der Waals surface area contributed by atoms with E-state index in [2.05, 4.69) is 30.4 Å². The second-order valence-electron chi connectivity index (χ2n) is 5.36.